The summed E-state index contributed by atoms with van der Waals surface area (Å²) in [5, 5.41) is 44.6. The molecule has 0 radical (unpaired) electrons. The summed E-state index contributed by atoms with van der Waals surface area (Å²) in [6.45, 7) is 0. The molecule has 0 spiro atoms. The first-order valence-electron chi connectivity index (χ1n) is 16.7. The SMILES string of the molecule is N#Cc1cccc(C#N)c1-c1ccc2c3c(-c4c(C#N)cccc4C#N)cccc3n(-c3cccc(-n4c5ccccc5c5ccccc54)c3)c2c1. The Morgan fingerprint density at radius 3 is 1.42 bits per heavy atom. The van der Waals surface area contributed by atoms with E-state index in [9.17, 15) is 21.0 Å². The lowest BCUT2D eigenvalue weighted by atomic mass is 9.91. The van der Waals surface area contributed by atoms with Crippen molar-refractivity contribution >= 4 is 43.6 Å². The summed E-state index contributed by atoms with van der Waals surface area (Å²) >= 11 is 0. The van der Waals surface area contributed by atoms with Crippen LogP contribution in [0.5, 0.6) is 0 Å². The van der Waals surface area contributed by atoms with Gasteiger partial charge in [-0.15, -0.1) is 0 Å². The van der Waals surface area contributed by atoms with Gasteiger partial charge >= 0.3 is 0 Å². The van der Waals surface area contributed by atoms with Crippen molar-refractivity contribution in [1.29, 1.82) is 21.0 Å². The second-order valence-corrected chi connectivity index (χ2v) is 12.6. The summed E-state index contributed by atoms with van der Waals surface area (Å²) in [5.74, 6) is 0. The van der Waals surface area contributed by atoms with E-state index in [0.29, 0.717) is 33.4 Å². The second kappa shape index (κ2) is 11.9. The summed E-state index contributed by atoms with van der Waals surface area (Å²) in [7, 11) is 0. The molecule has 0 saturated heterocycles. The van der Waals surface area contributed by atoms with Gasteiger partial charge in [0.2, 0.25) is 0 Å². The predicted octanol–water partition coefficient (Wildman–Crippen LogP) is 10.7. The summed E-state index contributed by atoms with van der Waals surface area (Å²) in [4.78, 5) is 0. The van der Waals surface area contributed by atoms with Gasteiger partial charge in [0.1, 0.15) is 0 Å². The highest BCUT2D eigenvalue weighted by molar-refractivity contribution is 6.17. The highest BCUT2D eigenvalue weighted by Gasteiger charge is 2.22. The van der Waals surface area contributed by atoms with Crippen LogP contribution in [0.3, 0.4) is 0 Å². The molecule has 0 saturated carbocycles. The first-order valence-corrected chi connectivity index (χ1v) is 16.7. The number of nitriles is 4. The zero-order valence-corrected chi connectivity index (χ0v) is 27.5. The van der Waals surface area contributed by atoms with E-state index in [1.165, 1.54) is 10.8 Å². The van der Waals surface area contributed by atoms with Crippen molar-refractivity contribution in [1.82, 2.24) is 9.13 Å². The average Bonchev–Trinajstić information content (AvgIpc) is 3.73. The van der Waals surface area contributed by atoms with Crippen LogP contribution in [0.4, 0.5) is 0 Å². The van der Waals surface area contributed by atoms with Gasteiger partial charge in [0.05, 0.1) is 68.6 Å². The molecular formula is C46H24N6. The van der Waals surface area contributed by atoms with Crippen molar-refractivity contribution < 1.29 is 0 Å². The smallest absolute Gasteiger partial charge is 0.0998 e. The van der Waals surface area contributed by atoms with Crippen LogP contribution in [0, 0.1) is 45.3 Å². The first kappa shape index (κ1) is 30.2. The lowest BCUT2D eigenvalue weighted by Crippen LogP contribution is -1.99. The van der Waals surface area contributed by atoms with Crippen LogP contribution < -0.4 is 0 Å². The Bertz CT molecular complexity index is 3010. The second-order valence-electron chi connectivity index (χ2n) is 12.6. The molecule has 0 aliphatic rings. The maximum absolute atomic E-state index is 10.2. The number of benzene rings is 7. The van der Waals surface area contributed by atoms with Crippen LogP contribution in [0.25, 0.3) is 77.2 Å². The van der Waals surface area contributed by atoms with Crippen LogP contribution >= 0.6 is 0 Å². The molecule has 7 aromatic carbocycles. The van der Waals surface area contributed by atoms with Crippen molar-refractivity contribution in [2.45, 2.75) is 0 Å². The highest BCUT2D eigenvalue weighted by atomic mass is 15.0. The molecule has 238 valence electrons. The number of para-hydroxylation sites is 2. The van der Waals surface area contributed by atoms with Gasteiger partial charge in [-0.05, 0) is 77.9 Å². The number of rotatable bonds is 4. The van der Waals surface area contributed by atoms with E-state index < -0.39 is 0 Å². The molecule has 2 aromatic heterocycles. The first-order chi connectivity index (χ1) is 25.6. The fourth-order valence-corrected chi connectivity index (χ4v) is 7.76. The molecule has 6 nitrogen and oxygen atoms in total. The number of hydrogen-bond donors (Lipinski definition) is 0. The zero-order chi connectivity index (χ0) is 35.3. The molecule has 9 aromatic rings. The maximum atomic E-state index is 10.2. The van der Waals surface area contributed by atoms with Gasteiger partial charge in [-0.25, -0.2) is 0 Å². The predicted molar refractivity (Wildman–Crippen MR) is 205 cm³/mol. The third-order valence-electron chi connectivity index (χ3n) is 9.89. The number of aromatic nitrogens is 2. The fourth-order valence-electron chi connectivity index (χ4n) is 7.76. The summed E-state index contributed by atoms with van der Waals surface area (Å²) in [6.07, 6.45) is 0. The van der Waals surface area contributed by atoms with Crippen LogP contribution in [0.1, 0.15) is 22.3 Å². The molecular weight excluding hydrogens is 637 g/mol. The normalized spacial score (nSPS) is 11.0. The molecule has 2 heterocycles. The molecule has 6 heteroatoms. The molecule has 0 fully saturated rings. The van der Waals surface area contributed by atoms with Gasteiger partial charge < -0.3 is 9.13 Å². The Labute approximate surface area is 298 Å². The maximum Gasteiger partial charge on any atom is 0.0998 e. The quantitative estimate of drug-likeness (QED) is 0.187. The standard InChI is InChI=1S/C46H24N6/c47-25-30-9-5-10-31(26-48)44(30)29-21-22-38-43(23-29)52(42-20-8-17-39(46(38)42)45-32(27-49)11-6-12-33(45)28-50)35-14-7-13-34(24-35)51-40-18-3-1-15-36(40)37-16-2-4-19-41(37)51/h1-24H. The Balaban J connectivity index is 1.40. The van der Waals surface area contributed by atoms with Gasteiger partial charge in [0.15, 0.2) is 0 Å². The molecule has 0 unspecified atom stereocenters. The van der Waals surface area contributed by atoms with Crippen molar-refractivity contribution in [3.05, 3.63) is 168 Å². The molecule has 9 rings (SSSR count). The van der Waals surface area contributed by atoms with E-state index >= 15 is 0 Å². The van der Waals surface area contributed by atoms with Crippen molar-refractivity contribution in [3.8, 4) is 57.9 Å². The summed E-state index contributed by atoms with van der Waals surface area (Å²) in [5.41, 5.74) is 10.2. The van der Waals surface area contributed by atoms with Gasteiger partial charge in [0.25, 0.3) is 0 Å². The van der Waals surface area contributed by atoms with Crippen molar-refractivity contribution in [3.63, 3.8) is 0 Å². The lowest BCUT2D eigenvalue weighted by Gasteiger charge is -2.14. The van der Waals surface area contributed by atoms with E-state index in [-0.39, 0.29) is 0 Å². The third kappa shape index (κ3) is 4.40. The summed E-state index contributed by atoms with van der Waals surface area (Å²) in [6, 6.07) is 56.7. The molecule has 0 aliphatic carbocycles. The highest BCUT2D eigenvalue weighted by Crippen LogP contribution is 2.43. The Morgan fingerprint density at radius 1 is 0.365 bits per heavy atom. The Kier molecular flexibility index (Phi) is 6.91. The molecule has 0 aliphatic heterocycles. The molecule has 52 heavy (non-hydrogen) atoms. The topological polar surface area (TPSA) is 105 Å². The minimum Gasteiger partial charge on any atom is -0.309 e. The number of fused-ring (bicyclic) bond motifs is 6. The third-order valence-corrected chi connectivity index (χ3v) is 9.89. The van der Waals surface area contributed by atoms with E-state index in [0.717, 1.165) is 55.3 Å². The van der Waals surface area contributed by atoms with E-state index in [4.69, 9.17) is 0 Å². The van der Waals surface area contributed by atoms with Gasteiger partial charge in [-0.3, -0.25) is 0 Å². The monoisotopic (exact) mass is 660 g/mol. The Morgan fingerprint density at radius 2 is 0.846 bits per heavy atom. The number of hydrogen-bond acceptors (Lipinski definition) is 4. The van der Waals surface area contributed by atoms with Gasteiger partial charge in [-0.1, -0.05) is 78.9 Å². The van der Waals surface area contributed by atoms with Crippen molar-refractivity contribution in [2.75, 3.05) is 0 Å². The molecule has 0 N–H and O–H groups in total. The van der Waals surface area contributed by atoms with Crippen LogP contribution in [0.15, 0.2) is 146 Å². The van der Waals surface area contributed by atoms with E-state index in [2.05, 4.69) is 112 Å². The van der Waals surface area contributed by atoms with Crippen LogP contribution in [-0.2, 0) is 0 Å². The van der Waals surface area contributed by atoms with Crippen molar-refractivity contribution in [2.24, 2.45) is 0 Å². The van der Waals surface area contributed by atoms with Crippen LogP contribution in [0.2, 0.25) is 0 Å². The van der Waals surface area contributed by atoms with E-state index in [1.54, 1.807) is 36.4 Å². The number of nitrogens with zero attached hydrogens (tertiary/aromatic N) is 6. The Hall–Kier alpha value is -7.90. The van der Waals surface area contributed by atoms with Crippen LogP contribution in [-0.4, -0.2) is 9.13 Å². The minimum atomic E-state index is 0.414. The molecule has 0 bridgehead atoms. The fraction of sp³-hybridized carbons (Fsp3) is 0. The summed E-state index contributed by atoms with van der Waals surface area (Å²) < 4.78 is 4.47. The van der Waals surface area contributed by atoms with Gasteiger partial charge in [-0.2, -0.15) is 21.0 Å². The lowest BCUT2D eigenvalue weighted by molar-refractivity contribution is 1.13. The largest absolute Gasteiger partial charge is 0.309 e. The zero-order valence-electron chi connectivity index (χ0n) is 27.5. The average molecular weight is 661 g/mol. The molecule has 0 amide bonds. The molecule has 0 atom stereocenters. The van der Waals surface area contributed by atoms with Gasteiger partial charge in [0, 0.05) is 44.0 Å². The minimum absolute atomic E-state index is 0.414. The van der Waals surface area contributed by atoms with E-state index in [1.807, 2.05) is 30.3 Å².